The molecule has 2 aliphatic heterocycles. The average Bonchev–Trinajstić information content (AvgIpc) is 2.94. The monoisotopic (exact) mass is 366 g/mol. The number of benzene rings is 2. The Bertz CT molecular complexity index is 860. The Hall–Kier alpha value is -2.69. The fourth-order valence-electron chi connectivity index (χ4n) is 4.49. The van der Waals surface area contributed by atoms with Gasteiger partial charge in [-0.05, 0) is 37.0 Å². The number of rotatable bonds is 2. The number of likely N-dealkylation sites (N-methyl/N-ethyl adjacent to an activating group) is 1. The second-order valence-electron chi connectivity index (χ2n) is 7.56. The predicted octanol–water partition coefficient (Wildman–Crippen LogP) is 3.45. The van der Waals surface area contributed by atoms with Crippen LogP contribution in [0.4, 0.5) is 4.39 Å². The zero-order valence-electron chi connectivity index (χ0n) is 15.4. The summed E-state index contributed by atoms with van der Waals surface area (Å²) in [5.74, 6) is -0.727. The number of carbonyl (C=O) groups is 2. The molecule has 2 aromatic rings. The molecule has 0 aromatic heterocycles. The molecule has 4 nitrogen and oxygen atoms in total. The van der Waals surface area contributed by atoms with Gasteiger partial charge in [0.1, 0.15) is 5.82 Å². The van der Waals surface area contributed by atoms with Crippen molar-refractivity contribution in [3.05, 3.63) is 71.5 Å². The van der Waals surface area contributed by atoms with E-state index in [1.807, 2.05) is 42.3 Å². The summed E-state index contributed by atoms with van der Waals surface area (Å²) in [5, 5.41) is 0. The summed E-state index contributed by atoms with van der Waals surface area (Å²) in [6.07, 6.45) is 2.21. The van der Waals surface area contributed by atoms with E-state index >= 15 is 0 Å². The molecule has 2 amide bonds. The van der Waals surface area contributed by atoms with E-state index in [9.17, 15) is 14.0 Å². The van der Waals surface area contributed by atoms with E-state index < -0.39 is 5.82 Å². The number of amides is 2. The predicted molar refractivity (Wildman–Crippen MR) is 101 cm³/mol. The topological polar surface area (TPSA) is 40.6 Å². The fourth-order valence-corrected chi connectivity index (χ4v) is 4.49. The molecule has 2 heterocycles. The molecule has 5 heteroatoms. The van der Waals surface area contributed by atoms with E-state index in [1.165, 1.54) is 12.1 Å². The second kappa shape index (κ2) is 6.80. The van der Waals surface area contributed by atoms with Gasteiger partial charge in [0.25, 0.3) is 5.91 Å². The van der Waals surface area contributed by atoms with Gasteiger partial charge in [-0.3, -0.25) is 9.59 Å². The van der Waals surface area contributed by atoms with Crippen molar-refractivity contribution in [1.29, 1.82) is 0 Å². The Morgan fingerprint density at radius 3 is 2.33 bits per heavy atom. The molecule has 0 unspecified atom stereocenters. The summed E-state index contributed by atoms with van der Waals surface area (Å²) in [5.41, 5.74) is 0.950. The molecule has 0 radical (unpaired) electrons. The van der Waals surface area contributed by atoms with Gasteiger partial charge in [0.15, 0.2) is 0 Å². The van der Waals surface area contributed by atoms with E-state index in [1.54, 1.807) is 17.0 Å². The van der Waals surface area contributed by atoms with Crippen molar-refractivity contribution in [1.82, 2.24) is 9.80 Å². The van der Waals surface area contributed by atoms with Crippen LogP contribution in [-0.4, -0.2) is 47.3 Å². The van der Waals surface area contributed by atoms with Gasteiger partial charge >= 0.3 is 0 Å². The number of halogens is 1. The van der Waals surface area contributed by atoms with Crippen LogP contribution in [0.5, 0.6) is 0 Å². The maximum atomic E-state index is 13.9. The third-order valence-electron chi connectivity index (χ3n) is 6.21. The van der Waals surface area contributed by atoms with E-state index in [0.29, 0.717) is 13.1 Å². The normalized spacial score (nSPS) is 21.7. The minimum absolute atomic E-state index is 0.117. The third kappa shape index (κ3) is 3.01. The molecule has 2 aliphatic rings. The summed E-state index contributed by atoms with van der Waals surface area (Å²) < 4.78 is 13.9. The molecule has 0 aliphatic carbocycles. The zero-order valence-corrected chi connectivity index (χ0v) is 15.4. The molecule has 140 valence electrons. The highest BCUT2D eigenvalue weighted by Crippen LogP contribution is 2.44. The molecule has 0 bridgehead atoms. The standard InChI is InChI=1S/C22H23FN2O2/c1-24-20(26)18(16-7-3-2-4-8-16)15-22(24)11-13-25(14-12-22)21(27)17-9-5-6-10-19(17)23/h2-10,18H,11-15H2,1H3/t18-/m1/s1. The molecule has 2 fully saturated rings. The van der Waals surface area contributed by atoms with Gasteiger partial charge in [-0.2, -0.15) is 0 Å². The number of likely N-dealkylation sites (tertiary alicyclic amines) is 2. The lowest BCUT2D eigenvalue weighted by atomic mass is 9.81. The molecular weight excluding hydrogens is 343 g/mol. The van der Waals surface area contributed by atoms with Crippen molar-refractivity contribution in [2.24, 2.45) is 0 Å². The number of hydrogen-bond donors (Lipinski definition) is 0. The van der Waals surface area contributed by atoms with Gasteiger partial charge in [-0.25, -0.2) is 4.39 Å². The second-order valence-corrected chi connectivity index (χ2v) is 7.56. The van der Waals surface area contributed by atoms with Gasteiger partial charge in [-0.15, -0.1) is 0 Å². The van der Waals surface area contributed by atoms with Crippen LogP contribution >= 0.6 is 0 Å². The lowest BCUT2D eigenvalue weighted by Gasteiger charge is -2.43. The van der Waals surface area contributed by atoms with Crippen molar-refractivity contribution < 1.29 is 14.0 Å². The van der Waals surface area contributed by atoms with Crippen LogP contribution < -0.4 is 0 Å². The molecule has 4 rings (SSSR count). The number of nitrogens with zero attached hydrogens (tertiary/aromatic N) is 2. The highest BCUT2D eigenvalue weighted by atomic mass is 19.1. The average molecular weight is 366 g/mol. The minimum atomic E-state index is -0.486. The summed E-state index contributed by atoms with van der Waals surface area (Å²) in [6, 6.07) is 16.0. The largest absolute Gasteiger partial charge is 0.339 e. The first-order valence-corrected chi connectivity index (χ1v) is 9.38. The maximum absolute atomic E-state index is 13.9. The Labute approximate surface area is 158 Å². The Kier molecular flexibility index (Phi) is 4.46. The molecule has 1 spiro atoms. The van der Waals surface area contributed by atoms with E-state index in [0.717, 1.165) is 24.8 Å². The first-order chi connectivity index (χ1) is 13.0. The van der Waals surface area contributed by atoms with Gasteiger partial charge in [-0.1, -0.05) is 42.5 Å². The minimum Gasteiger partial charge on any atom is -0.339 e. The molecule has 2 aromatic carbocycles. The smallest absolute Gasteiger partial charge is 0.256 e. The van der Waals surface area contributed by atoms with Crippen molar-refractivity contribution in [2.45, 2.75) is 30.7 Å². The van der Waals surface area contributed by atoms with E-state index in [4.69, 9.17) is 0 Å². The molecule has 1 atom stereocenters. The van der Waals surface area contributed by atoms with E-state index in [-0.39, 0.29) is 28.8 Å². The number of carbonyl (C=O) groups excluding carboxylic acids is 2. The lowest BCUT2D eigenvalue weighted by molar-refractivity contribution is -0.131. The van der Waals surface area contributed by atoms with Gasteiger partial charge < -0.3 is 9.80 Å². The van der Waals surface area contributed by atoms with Crippen LogP contribution in [0.15, 0.2) is 54.6 Å². The highest BCUT2D eigenvalue weighted by Gasteiger charge is 2.50. The molecule has 27 heavy (non-hydrogen) atoms. The maximum Gasteiger partial charge on any atom is 0.256 e. The quantitative estimate of drug-likeness (QED) is 0.817. The van der Waals surface area contributed by atoms with Crippen molar-refractivity contribution >= 4 is 11.8 Å². The zero-order chi connectivity index (χ0) is 19.0. The summed E-state index contributed by atoms with van der Waals surface area (Å²) in [7, 11) is 1.87. The molecule has 0 N–H and O–H groups in total. The van der Waals surface area contributed by atoms with Crippen LogP contribution in [0.3, 0.4) is 0 Å². The summed E-state index contributed by atoms with van der Waals surface area (Å²) in [6.45, 7) is 1.07. The van der Waals surface area contributed by atoms with Crippen LogP contribution in [-0.2, 0) is 4.79 Å². The van der Waals surface area contributed by atoms with Crippen molar-refractivity contribution in [3.63, 3.8) is 0 Å². The third-order valence-corrected chi connectivity index (χ3v) is 6.21. The molecular formula is C22H23FN2O2. The van der Waals surface area contributed by atoms with E-state index in [2.05, 4.69) is 0 Å². The SMILES string of the molecule is CN1C(=O)[C@@H](c2ccccc2)CC12CCN(C(=O)c1ccccc1F)CC2. The van der Waals surface area contributed by atoms with Crippen LogP contribution in [0, 0.1) is 5.82 Å². The Morgan fingerprint density at radius 1 is 1.04 bits per heavy atom. The van der Waals surface area contributed by atoms with Crippen LogP contribution in [0.1, 0.15) is 41.1 Å². The Morgan fingerprint density at radius 2 is 1.67 bits per heavy atom. The number of hydrogen-bond acceptors (Lipinski definition) is 2. The van der Waals surface area contributed by atoms with Gasteiger partial charge in [0.05, 0.1) is 11.5 Å². The summed E-state index contributed by atoms with van der Waals surface area (Å²) in [4.78, 5) is 29.1. The van der Waals surface area contributed by atoms with Crippen molar-refractivity contribution in [2.75, 3.05) is 20.1 Å². The number of piperidine rings is 1. The summed E-state index contributed by atoms with van der Waals surface area (Å²) >= 11 is 0. The highest BCUT2D eigenvalue weighted by molar-refractivity contribution is 5.94. The lowest BCUT2D eigenvalue weighted by Crippen LogP contribution is -2.52. The Balaban J connectivity index is 1.49. The molecule has 0 saturated carbocycles. The first-order valence-electron chi connectivity index (χ1n) is 9.38. The van der Waals surface area contributed by atoms with Crippen molar-refractivity contribution in [3.8, 4) is 0 Å². The van der Waals surface area contributed by atoms with Crippen LogP contribution in [0.2, 0.25) is 0 Å². The van der Waals surface area contributed by atoms with Gasteiger partial charge in [0, 0.05) is 25.7 Å². The van der Waals surface area contributed by atoms with Crippen LogP contribution in [0.25, 0.3) is 0 Å². The first kappa shape index (κ1) is 17.7. The fraction of sp³-hybridized carbons (Fsp3) is 0.364. The molecule has 2 saturated heterocycles. The van der Waals surface area contributed by atoms with Gasteiger partial charge in [0.2, 0.25) is 5.91 Å².